The molecular weight excluding hydrogens is 287 g/mol. The number of amides is 1. The third kappa shape index (κ3) is 7.97. The fourth-order valence-electron chi connectivity index (χ4n) is 0.799. The molecular formula is C7H13IN2O3. The van der Waals surface area contributed by atoms with Gasteiger partial charge in [0.05, 0.1) is 0 Å². The highest BCUT2D eigenvalue weighted by molar-refractivity contribution is 14.1. The quantitative estimate of drug-likeness (QED) is 0.291. The minimum atomic E-state index is -0.974. The summed E-state index contributed by atoms with van der Waals surface area (Å²) in [5, 5.41) is 11.0. The Balaban J connectivity index is 3.26. The molecule has 0 saturated heterocycles. The van der Waals surface area contributed by atoms with Crippen LogP contribution in [-0.2, 0) is 4.79 Å². The van der Waals surface area contributed by atoms with Crippen molar-refractivity contribution >= 4 is 32.5 Å². The first-order valence-corrected chi connectivity index (χ1v) is 5.03. The monoisotopic (exact) mass is 300 g/mol. The number of unbranched alkanes of at least 4 members (excludes halogenated alkanes) is 1. The van der Waals surface area contributed by atoms with E-state index in [1.54, 1.807) is 22.6 Å². The first-order chi connectivity index (χ1) is 6.04. The van der Waals surface area contributed by atoms with Crippen LogP contribution in [0.1, 0.15) is 19.3 Å². The van der Waals surface area contributed by atoms with Crippen molar-refractivity contribution in [2.24, 2.45) is 5.73 Å². The zero-order valence-electron chi connectivity index (χ0n) is 7.12. The summed E-state index contributed by atoms with van der Waals surface area (Å²) in [4.78, 5) is 20.7. The van der Waals surface area contributed by atoms with Crippen LogP contribution in [-0.4, -0.2) is 27.6 Å². The minimum absolute atomic E-state index is 0.0971. The third-order valence-electron chi connectivity index (χ3n) is 1.52. The third-order valence-corrected chi connectivity index (χ3v) is 1.90. The Morgan fingerprint density at radius 3 is 2.54 bits per heavy atom. The summed E-state index contributed by atoms with van der Waals surface area (Å²) in [6, 6.07) is -0.782. The molecule has 0 saturated carbocycles. The van der Waals surface area contributed by atoms with Crippen LogP contribution in [0.5, 0.6) is 0 Å². The van der Waals surface area contributed by atoms with E-state index >= 15 is 0 Å². The van der Waals surface area contributed by atoms with E-state index < -0.39 is 12.0 Å². The van der Waals surface area contributed by atoms with Crippen molar-refractivity contribution in [2.75, 3.05) is 6.54 Å². The second kappa shape index (κ2) is 7.07. The van der Waals surface area contributed by atoms with E-state index in [9.17, 15) is 9.59 Å². The van der Waals surface area contributed by atoms with Crippen molar-refractivity contribution in [3.8, 4) is 0 Å². The fourth-order valence-corrected chi connectivity index (χ4v) is 1.07. The van der Waals surface area contributed by atoms with Crippen LogP contribution < -0.4 is 11.1 Å². The number of hydrogen-bond donors (Lipinski definition) is 3. The number of carbonyl (C=O) groups excluding carboxylic acids is 1. The molecule has 4 N–H and O–H groups in total. The van der Waals surface area contributed by atoms with E-state index in [1.807, 2.05) is 0 Å². The van der Waals surface area contributed by atoms with Gasteiger partial charge in [-0.2, -0.15) is 0 Å². The fraction of sp³-hybridized carbons (Fsp3) is 0.714. The summed E-state index contributed by atoms with van der Waals surface area (Å²) in [6.45, 7) is 0.577. The van der Waals surface area contributed by atoms with Crippen LogP contribution in [0, 0.1) is 0 Å². The van der Waals surface area contributed by atoms with Gasteiger partial charge in [-0.1, -0.05) is 0 Å². The Kier molecular flexibility index (Phi) is 6.87. The smallest absolute Gasteiger partial charge is 0.320 e. The highest BCUT2D eigenvalue weighted by atomic mass is 127. The minimum Gasteiger partial charge on any atom is -0.480 e. The Morgan fingerprint density at radius 2 is 2.08 bits per heavy atom. The number of carboxylic acids is 1. The van der Waals surface area contributed by atoms with Gasteiger partial charge < -0.3 is 16.2 Å². The van der Waals surface area contributed by atoms with Gasteiger partial charge in [-0.05, 0) is 19.3 Å². The van der Waals surface area contributed by atoms with Crippen molar-refractivity contribution in [3.05, 3.63) is 0 Å². The number of rotatable bonds is 6. The Labute approximate surface area is 90.2 Å². The number of halogens is 1. The molecule has 0 aliphatic carbocycles. The van der Waals surface area contributed by atoms with Gasteiger partial charge in [-0.15, -0.1) is 0 Å². The number of aliphatic carboxylic acids is 1. The number of nitrogens with two attached hydrogens (primary N) is 1. The van der Waals surface area contributed by atoms with Gasteiger partial charge >= 0.3 is 5.97 Å². The molecule has 0 radical (unpaired) electrons. The molecule has 0 aromatic rings. The number of hydrogen-bond acceptors (Lipinski definition) is 3. The van der Waals surface area contributed by atoms with Crippen molar-refractivity contribution in [1.82, 2.24) is 5.32 Å². The topological polar surface area (TPSA) is 92.4 Å². The molecule has 0 aromatic heterocycles. The Bertz CT molecular complexity index is 187. The lowest BCUT2D eigenvalue weighted by atomic mass is 10.1. The molecule has 0 aromatic carbocycles. The number of nitrogens with one attached hydrogen (secondary N) is 1. The normalized spacial score (nSPS) is 12.2. The zero-order chi connectivity index (χ0) is 10.3. The highest BCUT2D eigenvalue weighted by Crippen LogP contribution is 1.98. The molecule has 0 bridgehead atoms. The largest absolute Gasteiger partial charge is 0.480 e. The highest BCUT2D eigenvalue weighted by Gasteiger charge is 2.09. The molecule has 0 aliphatic heterocycles. The van der Waals surface area contributed by atoms with Gasteiger partial charge in [0.15, 0.2) is 0 Å². The van der Waals surface area contributed by atoms with Gasteiger partial charge in [0.1, 0.15) is 6.04 Å². The molecule has 1 amide bonds. The van der Waals surface area contributed by atoms with Crippen LogP contribution in [0.3, 0.4) is 0 Å². The van der Waals surface area contributed by atoms with Crippen LogP contribution >= 0.6 is 22.6 Å². The lowest BCUT2D eigenvalue weighted by Gasteiger charge is -2.05. The number of carboxylic acid groups (broad SMARTS) is 1. The average Bonchev–Trinajstić information content (AvgIpc) is 2.02. The van der Waals surface area contributed by atoms with E-state index in [0.29, 0.717) is 19.4 Å². The summed E-state index contributed by atoms with van der Waals surface area (Å²) in [5.41, 5.74) is 5.27. The maximum absolute atomic E-state index is 10.4. The zero-order valence-corrected chi connectivity index (χ0v) is 9.28. The molecule has 5 nitrogen and oxygen atoms in total. The molecule has 6 heteroatoms. The molecule has 1 atom stereocenters. The molecule has 0 fully saturated rings. The summed E-state index contributed by atoms with van der Waals surface area (Å²) in [6.07, 6.45) is 1.92. The van der Waals surface area contributed by atoms with E-state index in [4.69, 9.17) is 10.8 Å². The van der Waals surface area contributed by atoms with Gasteiger partial charge in [0.2, 0.25) is 0 Å². The Morgan fingerprint density at radius 1 is 1.46 bits per heavy atom. The Hall–Kier alpha value is -0.370. The average molecular weight is 300 g/mol. The predicted molar refractivity (Wildman–Crippen MR) is 56.9 cm³/mol. The first-order valence-electron chi connectivity index (χ1n) is 3.95. The van der Waals surface area contributed by atoms with Crippen molar-refractivity contribution in [1.29, 1.82) is 0 Å². The van der Waals surface area contributed by atoms with E-state index in [-0.39, 0.29) is 3.91 Å². The predicted octanol–water partition coefficient (Wildman–Crippen LogP) is 0.713. The van der Waals surface area contributed by atoms with E-state index in [2.05, 4.69) is 5.32 Å². The molecule has 0 aliphatic rings. The van der Waals surface area contributed by atoms with Crippen molar-refractivity contribution in [3.63, 3.8) is 0 Å². The molecule has 1 unspecified atom stereocenters. The maximum Gasteiger partial charge on any atom is 0.320 e. The molecule has 0 spiro atoms. The van der Waals surface area contributed by atoms with E-state index in [1.165, 1.54) is 0 Å². The van der Waals surface area contributed by atoms with Crippen LogP contribution in [0.15, 0.2) is 0 Å². The lowest BCUT2D eigenvalue weighted by molar-refractivity contribution is -0.138. The van der Waals surface area contributed by atoms with Crippen LogP contribution in [0.4, 0.5) is 4.79 Å². The van der Waals surface area contributed by atoms with Crippen LogP contribution in [0.25, 0.3) is 0 Å². The van der Waals surface area contributed by atoms with Crippen LogP contribution in [0.2, 0.25) is 0 Å². The molecule has 13 heavy (non-hydrogen) atoms. The summed E-state index contributed by atoms with van der Waals surface area (Å²) in [7, 11) is 0. The van der Waals surface area contributed by atoms with Gasteiger partial charge in [0, 0.05) is 29.1 Å². The summed E-state index contributed by atoms with van der Waals surface area (Å²) >= 11 is 1.65. The van der Waals surface area contributed by atoms with Gasteiger partial charge in [-0.25, -0.2) is 0 Å². The first kappa shape index (κ1) is 12.6. The molecule has 0 rings (SSSR count). The molecule has 76 valence electrons. The standard InChI is InChI=1S/C7H13IN2O3/c8-7(13)10-4-2-1-3-5(9)6(11)12/h5H,1-4,9H2,(H,10,13)(H,11,12). The second-order valence-corrected chi connectivity index (χ2v) is 3.62. The van der Waals surface area contributed by atoms with Crippen molar-refractivity contribution in [2.45, 2.75) is 25.3 Å². The van der Waals surface area contributed by atoms with E-state index in [0.717, 1.165) is 6.42 Å². The SMILES string of the molecule is NC(CCCCNC(=O)I)C(=O)O. The van der Waals surface area contributed by atoms with Gasteiger partial charge in [-0.3, -0.25) is 9.59 Å². The summed E-state index contributed by atoms with van der Waals surface area (Å²) < 4.78 is -0.0971. The van der Waals surface area contributed by atoms with Gasteiger partial charge in [0.25, 0.3) is 3.91 Å². The maximum atomic E-state index is 10.4. The second-order valence-electron chi connectivity index (χ2n) is 2.64. The number of carbonyl (C=O) groups is 2. The van der Waals surface area contributed by atoms with Crippen molar-refractivity contribution < 1.29 is 14.7 Å². The molecule has 0 heterocycles. The summed E-state index contributed by atoms with van der Waals surface area (Å²) in [5.74, 6) is -0.974. The lowest BCUT2D eigenvalue weighted by Crippen LogP contribution is -2.30.